The Hall–Kier alpha value is -2.02. The molecule has 0 aliphatic rings. The van der Waals surface area contributed by atoms with Crippen molar-refractivity contribution < 1.29 is 9.90 Å². The Kier molecular flexibility index (Phi) is 3.74. The van der Waals surface area contributed by atoms with Gasteiger partial charge >= 0.3 is 5.97 Å². The summed E-state index contributed by atoms with van der Waals surface area (Å²) < 4.78 is 0. The van der Waals surface area contributed by atoms with Crippen LogP contribution in [0.25, 0.3) is 0 Å². The van der Waals surface area contributed by atoms with E-state index in [9.17, 15) is 4.79 Å². The molecule has 0 saturated heterocycles. The highest BCUT2D eigenvalue weighted by Gasteiger charge is 2.29. The molecule has 4 nitrogen and oxygen atoms in total. The predicted octanol–water partition coefficient (Wildman–Crippen LogP) is 2.11. The molecular formula is C13H16N2O2. The Labute approximate surface area is 101 Å². The number of hydrogen-bond acceptors (Lipinski definition) is 3. The maximum Gasteiger partial charge on any atom is 0.310 e. The lowest BCUT2D eigenvalue weighted by Gasteiger charge is -2.28. The second-order valence-corrected chi connectivity index (χ2v) is 4.67. The number of rotatable bonds is 4. The average Bonchev–Trinajstić information content (AvgIpc) is 2.28. The molecule has 1 N–H and O–H groups in total. The number of hydrogen-bond donors (Lipinski definition) is 1. The standard InChI is InChI=1S/C13H16N2O2/c1-13(2,12(16)17)9-15(3)11-7-5-4-6-10(11)8-14/h4-7H,9H2,1-3H3,(H,16,17). The summed E-state index contributed by atoms with van der Waals surface area (Å²) in [5, 5.41) is 18.1. The molecule has 0 fully saturated rings. The molecule has 0 heterocycles. The summed E-state index contributed by atoms with van der Waals surface area (Å²) in [6.45, 7) is 3.68. The molecule has 4 heteroatoms. The molecule has 17 heavy (non-hydrogen) atoms. The van der Waals surface area contributed by atoms with Gasteiger partial charge in [0.15, 0.2) is 0 Å². The monoisotopic (exact) mass is 232 g/mol. The van der Waals surface area contributed by atoms with E-state index in [4.69, 9.17) is 10.4 Å². The minimum Gasteiger partial charge on any atom is -0.481 e. The highest BCUT2D eigenvalue weighted by Crippen LogP contribution is 2.23. The number of aliphatic carboxylic acids is 1. The molecule has 0 radical (unpaired) electrons. The first kappa shape index (κ1) is 13.0. The number of carboxylic acids is 1. The molecule has 1 aromatic carbocycles. The fraction of sp³-hybridized carbons (Fsp3) is 0.385. The van der Waals surface area contributed by atoms with Crippen molar-refractivity contribution in [1.82, 2.24) is 0 Å². The smallest absolute Gasteiger partial charge is 0.310 e. The van der Waals surface area contributed by atoms with Crippen molar-refractivity contribution in [2.45, 2.75) is 13.8 Å². The summed E-state index contributed by atoms with van der Waals surface area (Å²) >= 11 is 0. The maximum absolute atomic E-state index is 11.1. The second-order valence-electron chi connectivity index (χ2n) is 4.67. The van der Waals surface area contributed by atoms with E-state index in [1.165, 1.54) is 0 Å². The topological polar surface area (TPSA) is 64.3 Å². The molecule has 0 spiro atoms. The number of nitrogens with zero attached hydrogens (tertiary/aromatic N) is 2. The van der Waals surface area contributed by atoms with Gasteiger partial charge in [-0.25, -0.2) is 0 Å². The Balaban J connectivity index is 2.95. The highest BCUT2D eigenvalue weighted by molar-refractivity contribution is 5.75. The molecule has 1 rings (SSSR count). The molecule has 1 aromatic rings. The predicted molar refractivity (Wildman–Crippen MR) is 65.8 cm³/mol. The van der Waals surface area contributed by atoms with Crippen molar-refractivity contribution >= 4 is 11.7 Å². The van der Waals surface area contributed by atoms with E-state index in [2.05, 4.69) is 6.07 Å². The van der Waals surface area contributed by atoms with Gasteiger partial charge in [0.1, 0.15) is 6.07 Å². The number of carbonyl (C=O) groups is 1. The van der Waals surface area contributed by atoms with Gasteiger partial charge in [-0.1, -0.05) is 12.1 Å². The molecule has 0 aromatic heterocycles. The number of nitriles is 1. The van der Waals surface area contributed by atoms with Crippen molar-refractivity contribution in [1.29, 1.82) is 5.26 Å². The summed E-state index contributed by atoms with van der Waals surface area (Å²) in [7, 11) is 1.79. The van der Waals surface area contributed by atoms with Gasteiger partial charge in [-0.3, -0.25) is 4.79 Å². The van der Waals surface area contributed by atoms with E-state index in [-0.39, 0.29) is 0 Å². The molecule has 0 saturated carbocycles. The van der Waals surface area contributed by atoms with E-state index in [1.807, 2.05) is 12.1 Å². The van der Waals surface area contributed by atoms with Crippen LogP contribution >= 0.6 is 0 Å². The van der Waals surface area contributed by atoms with Crippen LogP contribution in [0.1, 0.15) is 19.4 Å². The fourth-order valence-electron chi connectivity index (χ4n) is 1.65. The van der Waals surface area contributed by atoms with Gasteiger partial charge in [0.05, 0.1) is 16.7 Å². The first-order chi connectivity index (χ1) is 7.88. The van der Waals surface area contributed by atoms with E-state index in [1.54, 1.807) is 37.9 Å². The molecule has 0 bridgehead atoms. The lowest BCUT2D eigenvalue weighted by Crippen LogP contribution is -2.37. The largest absolute Gasteiger partial charge is 0.481 e. The summed E-state index contributed by atoms with van der Waals surface area (Å²) in [4.78, 5) is 12.8. The quantitative estimate of drug-likeness (QED) is 0.863. The van der Waals surface area contributed by atoms with Crippen LogP contribution in [0.4, 0.5) is 5.69 Å². The molecular weight excluding hydrogens is 216 g/mol. The Bertz CT molecular complexity index is 461. The zero-order chi connectivity index (χ0) is 13.1. The van der Waals surface area contributed by atoms with Crippen LogP contribution in [0.3, 0.4) is 0 Å². The lowest BCUT2D eigenvalue weighted by molar-refractivity contribution is -0.146. The molecule has 0 aliphatic heterocycles. The molecule has 90 valence electrons. The Morgan fingerprint density at radius 2 is 2.06 bits per heavy atom. The van der Waals surface area contributed by atoms with Crippen molar-refractivity contribution in [3.63, 3.8) is 0 Å². The van der Waals surface area contributed by atoms with E-state index in [0.29, 0.717) is 12.1 Å². The lowest BCUT2D eigenvalue weighted by atomic mass is 9.93. The van der Waals surface area contributed by atoms with Crippen LogP contribution in [0, 0.1) is 16.7 Å². The zero-order valence-corrected chi connectivity index (χ0v) is 10.3. The summed E-state index contributed by atoms with van der Waals surface area (Å²) in [5.41, 5.74) is 0.456. The number of benzene rings is 1. The van der Waals surface area contributed by atoms with Crippen molar-refractivity contribution in [3.8, 4) is 6.07 Å². The number of para-hydroxylation sites is 1. The van der Waals surface area contributed by atoms with Crippen molar-refractivity contribution in [3.05, 3.63) is 29.8 Å². The fourth-order valence-corrected chi connectivity index (χ4v) is 1.65. The SMILES string of the molecule is CN(CC(C)(C)C(=O)O)c1ccccc1C#N. The molecule has 0 aliphatic carbocycles. The maximum atomic E-state index is 11.1. The highest BCUT2D eigenvalue weighted by atomic mass is 16.4. The van der Waals surface area contributed by atoms with Crippen LogP contribution in [-0.2, 0) is 4.79 Å². The number of carboxylic acid groups (broad SMARTS) is 1. The van der Waals surface area contributed by atoms with Crippen molar-refractivity contribution in [2.75, 3.05) is 18.5 Å². The third-order valence-corrected chi connectivity index (χ3v) is 2.65. The first-order valence-electron chi connectivity index (χ1n) is 5.32. The minimum absolute atomic E-state index is 0.348. The summed E-state index contributed by atoms with van der Waals surface area (Å²) in [5.74, 6) is -0.848. The number of anilines is 1. The van der Waals surface area contributed by atoms with Crippen LogP contribution < -0.4 is 4.90 Å². The van der Waals surface area contributed by atoms with Gasteiger partial charge in [0.25, 0.3) is 0 Å². The Morgan fingerprint density at radius 3 is 2.59 bits per heavy atom. The van der Waals surface area contributed by atoms with Gasteiger partial charge in [-0.05, 0) is 26.0 Å². The average molecular weight is 232 g/mol. The molecule has 0 atom stereocenters. The normalized spacial score (nSPS) is 10.7. The molecule has 0 amide bonds. The minimum atomic E-state index is -0.850. The van der Waals surface area contributed by atoms with Crippen LogP contribution in [-0.4, -0.2) is 24.7 Å². The van der Waals surface area contributed by atoms with E-state index in [0.717, 1.165) is 5.69 Å². The van der Waals surface area contributed by atoms with Crippen molar-refractivity contribution in [2.24, 2.45) is 5.41 Å². The van der Waals surface area contributed by atoms with Gasteiger partial charge in [-0.15, -0.1) is 0 Å². The van der Waals surface area contributed by atoms with Crippen LogP contribution in [0.5, 0.6) is 0 Å². The zero-order valence-electron chi connectivity index (χ0n) is 10.3. The first-order valence-corrected chi connectivity index (χ1v) is 5.32. The van der Waals surface area contributed by atoms with Gasteiger partial charge in [0, 0.05) is 13.6 Å². The van der Waals surface area contributed by atoms with Gasteiger partial charge < -0.3 is 10.0 Å². The van der Waals surface area contributed by atoms with Crippen LogP contribution in [0.2, 0.25) is 0 Å². The van der Waals surface area contributed by atoms with E-state index >= 15 is 0 Å². The van der Waals surface area contributed by atoms with E-state index < -0.39 is 11.4 Å². The van der Waals surface area contributed by atoms with Crippen LogP contribution in [0.15, 0.2) is 24.3 Å². The van der Waals surface area contributed by atoms with Gasteiger partial charge in [-0.2, -0.15) is 5.26 Å². The summed E-state index contributed by atoms with van der Waals surface area (Å²) in [6.07, 6.45) is 0. The molecule has 0 unspecified atom stereocenters. The third kappa shape index (κ3) is 2.97. The summed E-state index contributed by atoms with van der Waals surface area (Å²) in [6, 6.07) is 9.26. The van der Waals surface area contributed by atoms with Gasteiger partial charge in [0.2, 0.25) is 0 Å². The Morgan fingerprint density at radius 1 is 1.47 bits per heavy atom. The second kappa shape index (κ2) is 4.88. The third-order valence-electron chi connectivity index (χ3n) is 2.65.